The molecule has 34 heavy (non-hydrogen) atoms. The summed E-state index contributed by atoms with van der Waals surface area (Å²) in [4.78, 5) is 2.48. The van der Waals surface area contributed by atoms with Gasteiger partial charge in [-0.15, -0.1) is 0 Å². The molecule has 6 heteroatoms. The molecular weight excluding hydrogens is 464 g/mol. The van der Waals surface area contributed by atoms with Crippen molar-refractivity contribution in [2.45, 2.75) is 49.6 Å². The number of benzene rings is 3. The van der Waals surface area contributed by atoms with Gasteiger partial charge in [-0.05, 0) is 74.7 Å². The van der Waals surface area contributed by atoms with Crippen LogP contribution in [-0.4, -0.2) is 38.3 Å². The molecular formula is C28H35ClN2O2S. The number of aryl methyl sites for hydroxylation is 1. The van der Waals surface area contributed by atoms with E-state index in [4.69, 9.17) is 11.6 Å². The van der Waals surface area contributed by atoms with Crippen LogP contribution >= 0.6 is 11.6 Å². The molecule has 0 spiro atoms. The van der Waals surface area contributed by atoms with Gasteiger partial charge in [0.2, 0.25) is 10.0 Å². The maximum atomic E-state index is 13.8. The molecule has 0 saturated carbocycles. The van der Waals surface area contributed by atoms with Gasteiger partial charge in [-0.25, -0.2) is 8.42 Å². The summed E-state index contributed by atoms with van der Waals surface area (Å²) in [5, 5.41) is 0.598. The van der Waals surface area contributed by atoms with Crippen LogP contribution in [0.2, 0.25) is 5.02 Å². The predicted octanol–water partition coefficient (Wildman–Crippen LogP) is 6.57. The molecule has 0 saturated heterocycles. The van der Waals surface area contributed by atoms with Crippen molar-refractivity contribution in [3.8, 4) is 0 Å². The summed E-state index contributed by atoms with van der Waals surface area (Å²) >= 11 is 6.40. The lowest BCUT2D eigenvalue weighted by molar-refractivity contribution is 0.00704. The molecule has 0 aliphatic rings. The molecule has 0 fully saturated rings. The molecule has 0 heterocycles. The Hall–Kier alpha value is -2.18. The zero-order valence-corrected chi connectivity index (χ0v) is 21.9. The van der Waals surface area contributed by atoms with Crippen molar-refractivity contribution in [1.29, 1.82) is 0 Å². The van der Waals surface area contributed by atoms with E-state index in [0.717, 1.165) is 37.8 Å². The average molecular weight is 499 g/mol. The topological polar surface area (TPSA) is 40.6 Å². The Morgan fingerprint density at radius 1 is 0.853 bits per heavy atom. The number of unbranched alkanes of at least 4 members (excludes halogenated alkanes) is 1. The summed E-state index contributed by atoms with van der Waals surface area (Å²) in [5.74, 6) is 0. The van der Waals surface area contributed by atoms with E-state index in [0.29, 0.717) is 11.4 Å². The van der Waals surface area contributed by atoms with Gasteiger partial charge in [0.15, 0.2) is 0 Å². The van der Waals surface area contributed by atoms with E-state index in [1.807, 2.05) is 43.4 Å². The zero-order chi connectivity index (χ0) is 24.6. The molecule has 3 aromatic rings. The predicted molar refractivity (Wildman–Crippen MR) is 141 cm³/mol. The van der Waals surface area contributed by atoms with Crippen molar-refractivity contribution in [2.24, 2.45) is 0 Å². The molecule has 4 nitrogen and oxygen atoms in total. The van der Waals surface area contributed by atoms with E-state index in [1.54, 1.807) is 35.6 Å². The first-order valence-electron chi connectivity index (χ1n) is 11.9. The van der Waals surface area contributed by atoms with Crippen molar-refractivity contribution in [1.82, 2.24) is 9.21 Å². The molecule has 0 radical (unpaired) electrons. The van der Waals surface area contributed by atoms with Gasteiger partial charge in [0.25, 0.3) is 0 Å². The first kappa shape index (κ1) is 26.4. The van der Waals surface area contributed by atoms with Gasteiger partial charge >= 0.3 is 0 Å². The molecule has 0 N–H and O–H groups in total. The van der Waals surface area contributed by atoms with Crippen LogP contribution in [0, 0.1) is 0 Å². The Bertz CT molecular complexity index is 1140. The van der Waals surface area contributed by atoms with Crippen LogP contribution in [0.15, 0.2) is 89.8 Å². The Labute approximate surface area is 210 Å². The fraction of sp³-hybridized carbons (Fsp3) is 0.357. The second kappa shape index (κ2) is 12.0. The van der Waals surface area contributed by atoms with E-state index in [2.05, 4.69) is 36.1 Å². The quantitative estimate of drug-likeness (QED) is 0.209. The molecule has 0 aromatic heterocycles. The number of nitrogens with zero attached hydrogens (tertiary/aromatic N) is 2. The summed E-state index contributed by atoms with van der Waals surface area (Å²) in [7, 11) is -0.0321. The third kappa shape index (κ3) is 5.89. The van der Waals surface area contributed by atoms with Crippen LogP contribution in [-0.2, 0) is 22.1 Å². The fourth-order valence-corrected chi connectivity index (χ4v) is 6.42. The van der Waals surface area contributed by atoms with Crippen LogP contribution in [0.25, 0.3) is 0 Å². The minimum Gasteiger partial charge on any atom is -0.284 e. The average Bonchev–Trinajstić information content (AvgIpc) is 2.85. The molecule has 0 aliphatic carbocycles. The van der Waals surface area contributed by atoms with Crippen LogP contribution < -0.4 is 0 Å². The van der Waals surface area contributed by atoms with Crippen molar-refractivity contribution < 1.29 is 8.42 Å². The van der Waals surface area contributed by atoms with E-state index < -0.39 is 15.7 Å². The smallest absolute Gasteiger partial charge is 0.244 e. The molecule has 3 aromatic carbocycles. The number of sulfonamides is 1. The summed E-state index contributed by atoms with van der Waals surface area (Å²) in [6, 6.07) is 26.7. The van der Waals surface area contributed by atoms with Gasteiger partial charge in [0.1, 0.15) is 5.66 Å². The lowest BCUT2D eigenvalue weighted by Crippen LogP contribution is -2.57. The third-order valence-corrected chi connectivity index (χ3v) is 8.62. The van der Waals surface area contributed by atoms with Crippen molar-refractivity contribution in [3.05, 3.63) is 101 Å². The van der Waals surface area contributed by atoms with E-state index >= 15 is 0 Å². The van der Waals surface area contributed by atoms with E-state index in [1.165, 1.54) is 5.56 Å². The molecule has 0 aliphatic heterocycles. The minimum absolute atomic E-state index is 0.289. The monoisotopic (exact) mass is 498 g/mol. The lowest BCUT2D eigenvalue weighted by Gasteiger charge is -2.48. The fourth-order valence-electron chi connectivity index (χ4n) is 4.68. The van der Waals surface area contributed by atoms with E-state index in [9.17, 15) is 8.42 Å². The van der Waals surface area contributed by atoms with Crippen LogP contribution in [0.5, 0.6) is 0 Å². The molecule has 182 valence electrons. The van der Waals surface area contributed by atoms with Gasteiger partial charge < -0.3 is 0 Å². The van der Waals surface area contributed by atoms with Gasteiger partial charge in [-0.2, -0.15) is 4.31 Å². The third-order valence-electron chi connectivity index (χ3n) is 6.49. The Kier molecular flexibility index (Phi) is 9.31. The second-order valence-electron chi connectivity index (χ2n) is 8.73. The first-order chi connectivity index (χ1) is 16.3. The Morgan fingerprint density at radius 3 is 2.12 bits per heavy atom. The summed E-state index contributed by atoms with van der Waals surface area (Å²) in [6.45, 7) is 2.85. The normalized spacial score (nSPS) is 13.8. The highest BCUT2D eigenvalue weighted by molar-refractivity contribution is 7.89. The first-order valence-corrected chi connectivity index (χ1v) is 13.7. The number of rotatable bonds is 12. The molecule has 0 unspecified atom stereocenters. The van der Waals surface area contributed by atoms with Crippen molar-refractivity contribution >= 4 is 21.6 Å². The number of hydrogen-bond acceptors (Lipinski definition) is 3. The van der Waals surface area contributed by atoms with Gasteiger partial charge in [0, 0.05) is 12.1 Å². The summed E-state index contributed by atoms with van der Waals surface area (Å²) in [6.07, 6.45) is 4.45. The zero-order valence-electron chi connectivity index (χ0n) is 20.3. The molecule has 0 bridgehead atoms. The van der Waals surface area contributed by atoms with E-state index in [-0.39, 0.29) is 4.90 Å². The van der Waals surface area contributed by atoms with Crippen molar-refractivity contribution in [3.63, 3.8) is 0 Å². The maximum Gasteiger partial charge on any atom is 0.244 e. The molecule has 1 atom stereocenters. The van der Waals surface area contributed by atoms with Crippen molar-refractivity contribution in [2.75, 3.05) is 20.6 Å². The van der Waals surface area contributed by atoms with Crippen LogP contribution in [0.1, 0.15) is 43.7 Å². The SMILES string of the molecule is CCC[C@](c1cccc(Cl)c1)(N(C)CCCCc1ccccc1)N(C)S(=O)(=O)c1ccccc1. The number of halogens is 1. The Balaban J connectivity index is 1.95. The summed E-state index contributed by atoms with van der Waals surface area (Å²) < 4.78 is 29.1. The van der Waals surface area contributed by atoms with Gasteiger partial charge in [-0.1, -0.05) is 85.6 Å². The minimum atomic E-state index is -3.75. The summed E-state index contributed by atoms with van der Waals surface area (Å²) in [5.41, 5.74) is 1.35. The van der Waals surface area contributed by atoms with Gasteiger partial charge in [0.05, 0.1) is 4.90 Å². The van der Waals surface area contributed by atoms with Crippen LogP contribution in [0.4, 0.5) is 0 Å². The van der Waals surface area contributed by atoms with Gasteiger partial charge in [-0.3, -0.25) is 4.90 Å². The number of hydrogen-bond donors (Lipinski definition) is 0. The second-order valence-corrected chi connectivity index (χ2v) is 11.1. The highest BCUT2D eigenvalue weighted by atomic mass is 35.5. The largest absolute Gasteiger partial charge is 0.284 e. The lowest BCUT2D eigenvalue weighted by atomic mass is 9.92. The highest BCUT2D eigenvalue weighted by Crippen LogP contribution is 2.40. The van der Waals surface area contributed by atoms with Crippen LogP contribution in [0.3, 0.4) is 0 Å². The Morgan fingerprint density at radius 2 is 1.50 bits per heavy atom. The molecule has 0 amide bonds. The standard InChI is InChI=1S/C28H35ClN2O2S/c1-4-21-28(25-17-13-18-26(29)23-25,31(3)34(32,33)27-19-9-6-10-20-27)30(2)22-12-11-16-24-14-7-5-8-15-24/h5-10,13-15,17-20,23H,4,11-12,16,21-22H2,1-3H3/t28-/m0/s1. The highest BCUT2D eigenvalue weighted by Gasteiger charge is 2.45. The maximum absolute atomic E-state index is 13.8. The molecule has 3 rings (SSSR count).